The molecule has 0 radical (unpaired) electrons. The first-order valence-corrected chi connectivity index (χ1v) is 6.90. The molecule has 1 N–H and O–H groups in total. The monoisotopic (exact) mass is 249 g/mol. The zero-order chi connectivity index (χ0) is 12.2. The van der Waals surface area contributed by atoms with Gasteiger partial charge in [-0.2, -0.15) is 0 Å². The third-order valence-electron chi connectivity index (χ3n) is 2.32. The molecule has 92 valence electrons. The molecule has 1 saturated heterocycles. The standard InChI is InChI=1S/C9H15NO5S/c1-2-15-8(11)5-10-9(12)7-3-4-16(13,14)6-7/h7H,2-6H2,1H3,(H,10,12). The minimum absolute atomic E-state index is 0.0461. The molecule has 1 atom stereocenters. The molecule has 1 unspecified atom stereocenters. The maximum absolute atomic E-state index is 11.5. The Hall–Kier alpha value is -1.11. The largest absolute Gasteiger partial charge is 0.465 e. The van der Waals surface area contributed by atoms with E-state index in [9.17, 15) is 18.0 Å². The van der Waals surface area contributed by atoms with Crippen molar-refractivity contribution < 1.29 is 22.7 Å². The molecule has 0 aromatic carbocycles. The summed E-state index contributed by atoms with van der Waals surface area (Å²) >= 11 is 0. The summed E-state index contributed by atoms with van der Waals surface area (Å²) in [5.41, 5.74) is 0. The van der Waals surface area contributed by atoms with Gasteiger partial charge in [-0.3, -0.25) is 9.59 Å². The van der Waals surface area contributed by atoms with Gasteiger partial charge in [0.15, 0.2) is 9.84 Å². The van der Waals surface area contributed by atoms with Crippen molar-refractivity contribution in [2.45, 2.75) is 13.3 Å². The summed E-state index contributed by atoms with van der Waals surface area (Å²) in [6.45, 7) is 1.72. The van der Waals surface area contributed by atoms with Crippen LogP contribution in [0.5, 0.6) is 0 Å². The highest BCUT2D eigenvalue weighted by atomic mass is 32.2. The molecule has 0 spiro atoms. The van der Waals surface area contributed by atoms with Crippen molar-refractivity contribution in [3.05, 3.63) is 0 Å². The van der Waals surface area contributed by atoms with Gasteiger partial charge < -0.3 is 10.1 Å². The lowest BCUT2D eigenvalue weighted by Crippen LogP contribution is -2.35. The Morgan fingerprint density at radius 3 is 2.62 bits per heavy atom. The quantitative estimate of drug-likeness (QED) is 0.652. The number of rotatable bonds is 4. The molecule has 1 heterocycles. The van der Waals surface area contributed by atoms with Crippen LogP contribution in [0.25, 0.3) is 0 Å². The first kappa shape index (κ1) is 13.0. The fraction of sp³-hybridized carbons (Fsp3) is 0.778. The van der Waals surface area contributed by atoms with Crippen LogP contribution in [-0.2, 0) is 24.2 Å². The van der Waals surface area contributed by atoms with Gasteiger partial charge in [0.05, 0.1) is 24.0 Å². The molecule has 1 aliphatic heterocycles. The van der Waals surface area contributed by atoms with Gasteiger partial charge in [0.1, 0.15) is 6.54 Å². The van der Waals surface area contributed by atoms with E-state index < -0.39 is 27.6 Å². The molecule has 6 nitrogen and oxygen atoms in total. The first-order valence-electron chi connectivity index (χ1n) is 5.08. The average molecular weight is 249 g/mol. The number of carbonyl (C=O) groups is 2. The maximum atomic E-state index is 11.5. The van der Waals surface area contributed by atoms with Crippen LogP contribution >= 0.6 is 0 Å². The predicted octanol–water partition coefficient (Wildman–Crippen LogP) is -0.900. The molecule has 1 fully saturated rings. The van der Waals surface area contributed by atoms with E-state index in [0.29, 0.717) is 6.42 Å². The summed E-state index contributed by atoms with van der Waals surface area (Å²) in [5.74, 6) is -1.52. The van der Waals surface area contributed by atoms with Crippen LogP contribution < -0.4 is 5.32 Å². The Morgan fingerprint density at radius 1 is 1.44 bits per heavy atom. The van der Waals surface area contributed by atoms with E-state index in [4.69, 9.17) is 0 Å². The van der Waals surface area contributed by atoms with Crippen LogP contribution in [0, 0.1) is 5.92 Å². The summed E-state index contributed by atoms with van der Waals surface area (Å²) in [7, 11) is -3.07. The fourth-order valence-electron chi connectivity index (χ4n) is 1.52. The summed E-state index contributed by atoms with van der Waals surface area (Å²) in [4.78, 5) is 22.4. The van der Waals surface area contributed by atoms with E-state index in [1.807, 2.05) is 0 Å². The Balaban J connectivity index is 2.34. The van der Waals surface area contributed by atoms with Crippen molar-refractivity contribution in [3.63, 3.8) is 0 Å². The van der Waals surface area contributed by atoms with Crippen LogP contribution in [0.15, 0.2) is 0 Å². The van der Waals surface area contributed by atoms with Gasteiger partial charge in [0, 0.05) is 0 Å². The Bertz CT molecular complexity index is 375. The van der Waals surface area contributed by atoms with Crippen molar-refractivity contribution in [2.75, 3.05) is 24.7 Å². The highest BCUT2D eigenvalue weighted by Gasteiger charge is 2.32. The van der Waals surface area contributed by atoms with Crippen molar-refractivity contribution in [1.82, 2.24) is 5.32 Å². The third kappa shape index (κ3) is 3.80. The Labute approximate surface area is 94.3 Å². The van der Waals surface area contributed by atoms with Crippen molar-refractivity contribution in [2.24, 2.45) is 5.92 Å². The molecular weight excluding hydrogens is 234 g/mol. The van der Waals surface area contributed by atoms with Gasteiger partial charge in [0.2, 0.25) is 5.91 Å². The van der Waals surface area contributed by atoms with E-state index in [0.717, 1.165) is 0 Å². The molecule has 0 aromatic heterocycles. The molecule has 1 amide bonds. The number of hydrogen-bond donors (Lipinski definition) is 1. The van der Waals surface area contributed by atoms with Gasteiger partial charge in [-0.15, -0.1) is 0 Å². The second-order valence-corrected chi connectivity index (χ2v) is 5.85. The normalized spacial score (nSPS) is 22.7. The van der Waals surface area contributed by atoms with Gasteiger partial charge in [-0.25, -0.2) is 8.42 Å². The number of nitrogens with one attached hydrogen (secondary N) is 1. The molecule has 0 aromatic rings. The van der Waals surface area contributed by atoms with Crippen molar-refractivity contribution in [3.8, 4) is 0 Å². The second kappa shape index (κ2) is 5.29. The first-order chi connectivity index (χ1) is 7.44. The number of esters is 1. The highest BCUT2D eigenvalue weighted by Crippen LogP contribution is 2.18. The smallest absolute Gasteiger partial charge is 0.325 e. The summed E-state index contributed by atoms with van der Waals surface area (Å²) in [6.07, 6.45) is 0.330. The van der Waals surface area contributed by atoms with Gasteiger partial charge in [0.25, 0.3) is 0 Å². The molecule has 7 heteroatoms. The number of hydrogen-bond acceptors (Lipinski definition) is 5. The van der Waals surface area contributed by atoms with Crippen LogP contribution in [-0.4, -0.2) is 45.0 Å². The molecule has 1 aliphatic rings. The average Bonchev–Trinajstić information content (AvgIpc) is 2.56. The van der Waals surface area contributed by atoms with Gasteiger partial charge in [-0.05, 0) is 13.3 Å². The number of carbonyl (C=O) groups excluding carboxylic acids is 2. The number of sulfone groups is 1. The van der Waals surface area contributed by atoms with Gasteiger partial charge >= 0.3 is 5.97 Å². The van der Waals surface area contributed by atoms with Crippen molar-refractivity contribution >= 4 is 21.7 Å². The van der Waals surface area contributed by atoms with E-state index in [2.05, 4.69) is 10.1 Å². The van der Waals surface area contributed by atoms with E-state index in [1.54, 1.807) is 6.92 Å². The number of ether oxygens (including phenoxy) is 1. The topological polar surface area (TPSA) is 89.5 Å². The minimum atomic E-state index is -3.07. The molecule has 0 bridgehead atoms. The summed E-state index contributed by atoms with van der Waals surface area (Å²) in [5, 5.41) is 2.37. The predicted molar refractivity (Wildman–Crippen MR) is 56.4 cm³/mol. The SMILES string of the molecule is CCOC(=O)CNC(=O)C1CCS(=O)(=O)C1. The highest BCUT2D eigenvalue weighted by molar-refractivity contribution is 7.91. The van der Waals surface area contributed by atoms with E-state index >= 15 is 0 Å². The lowest BCUT2D eigenvalue weighted by atomic mass is 10.1. The zero-order valence-corrected chi connectivity index (χ0v) is 9.88. The number of amides is 1. The Morgan fingerprint density at radius 2 is 2.12 bits per heavy atom. The van der Waals surface area contributed by atoms with Crippen LogP contribution in [0.4, 0.5) is 0 Å². The summed E-state index contributed by atoms with van der Waals surface area (Å²) < 4.78 is 26.9. The second-order valence-electron chi connectivity index (χ2n) is 3.62. The molecule has 0 aliphatic carbocycles. The molecular formula is C9H15NO5S. The Kier molecular flexibility index (Phi) is 4.28. The zero-order valence-electron chi connectivity index (χ0n) is 9.06. The molecule has 1 rings (SSSR count). The van der Waals surface area contributed by atoms with Crippen LogP contribution in [0.3, 0.4) is 0 Å². The lowest BCUT2D eigenvalue weighted by Gasteiger charge is -2.08. The third-order valence-corrected chi connectivity index (χ3v) is 4.08. The van der Waals surface area contributed by atoms with E-state index in [1.165, 1.54) is 0 Å². The van der Waals surface area contributed by atoms with E-state index in [-0.39, 0.29) is 24.7 Å². The summed E-state index contributed by atoms with van der Waals surface area (Å²) in [6, 6.07) is 0. The van der Waals surface area contributed by atoms with Crippen molar-refractivity contribution in [1.29, 1.82) is 0 Å². The molecule has 16 heavy (non-hydrogen) atoms. The fourth-order valence-corrected chi connectivity index (χ4v) is 3.26. The van der Waals surface area contributed by atoms with Gasteiger partial charge in [-0.1, -0.05) is 0 Å². The minimum Gasteiger partial charge on any atom is -0.465 e. The van der Waals surface area contributed by atoms with Crippen LogP contribution in [0.2, 0.25) is 0 Å². The lowest BCUT2D eigenvalue weighted by molar-refractivity contribution is -0.143. The maximum Gasteiger partial charge on any atom is 0.325 e. The molecule has 0 saturated carbocycles. The van der Waals surface area contributed by atoms with Crippen LogP contribution in [0.1, 0.15) is 13.3 Å².